The van der Waals surface area contributed by atoms with Crippen molar-refractivity contribution in [3.63, 3.8) is 0 Å². The molecule has 1 spiro atoms. The fourth-order valence-corrected chi connectivity index (χ4v) is 5.66. The second-order valence-electron chi connectivity index (χ2n) is 10.5. The smallest absolute Gasteiger partial charge is 0.226 e. The molecule has 0 bridgehead atoms. The number of piperazine rings is 1. The number of anilines is 1. The Morgan fingerprint density at radius 2 is 1.74 bits per heavy atom. The highest BCUT2D eigenvalue weighted by molar-refractivity contribution is 5.83. The summed E-state index contributed by atoms with van der Waals surface area (Å²) in [6, 6.07) is 10.6. The molecule has 3 fully saturated rings. The Morgan fingerprint density at radius 1 is 1.06 bits per heavy atom. The number of benzene rings is 1. The predicted octanol–water partition coefficient (Wildman–Crippen LogP) is 4.82. The number of amides is 1. The van der Waals surface area contributed by atoms with Gasteiger partial charge in [-0.1, -0.05) is 36.8 Å². The Hall–Kier alpha value is -1.81. The molecule has 1 amide bonds. The van der Waals surface area contributed by atoms with Crippen LogP contribution in [0.4, 0.5) is 5.69 Å². The summed E-state index contributed by atoms with van der Waals surface area (Å²) in [6.07, 6.45) is 8.41. The number of carbonyl (C=O) groups excluding carboxylic acids is 1. The second-order valence-corrected chi connectivity index (χ2v) is 10.5. The molecule has 1 saturated carbocycles. The molecule has 1 aromatic carbocycles. The van der Waals surface area contributed by atoms with E-state index in [-0.39, 0.29) is 0 Å². The third-order valence-corrected chi connectivity index (χ3v) is 7.83. The summed E-state index contributed by atoms with van der Waals surface area (Å²) in [5, 5.41) is 0. The van der Waals surface area contributed by atoms with Crippen molar-refractivity contribution in [2.45, 2.75) is 52.9 Å². The van der Waals surface area contributed by atoms with E-state index in [0.717, 1.165) is 38.5 Å². The van der Waals surface area contributed by atoms with E-state index in [4.69, 9.17) is 0 Å². The zero-order valence-electron chi connectivity index (χ0n) is 19.9. The van der Waals surface area contributed by atoms with Gasteiger partial charge in [-0.25, -0.2) is 0 Å². The van der Waals surface area contributed by atoms with Gasteiger partial charge in [0.05, 0.1) is 0 Å². The molecule has 0 unspecified atom stereocenters. The van der Waals surface area contributed by atoms with E-state index in [9.17, 15) is 4.79 Å². The van der Waals surface area contributed by atoms with Gasteiger partial charge in [0.15, 0.2) is 0 Å². The summed E-state index contributed by atoms with van der Waals surface area (Å²) in [4.78, 5) is 20.4. The van der Waals surface area contributed by atoms with Crippen LogP contribution in [0.1, 0.15) is 52.9 Å². The van der Waals surface area contributed by atoms with Gasteiger partial charge in [-0.2, -0.15) is 0 Å². The minimum atomic E-state index is 0.299. The lowest BCUT2D eigenvalue weighted by molar-refractivity contribution is -0.134. The lowest BCUT2D eigenvalue weighted by Gasteiger charge is -2.37. The molecule has 1 aliphatic carbocycles. The van der Waals surface area contributed by atoms with Gasteiger partial charge in [-0.15, -0.1) is 0 Å². The van der Waals surface area contributed by atoms with E-state index in [1.165, 1.54) is 56.6 Å². The molecule has 4 heteroatoms. The van der Waals surface area contributed by atoms with E-state index < -0.39 is 0 Å². The topological polar surface area (TPSA) is 26.8 Å². The second kappa shape index (κ2) is 9.77. The van der Waals surface area contributed by atoms with Crippen molar-refractivity contribution >= 4 is 11.6 Å². The maximum atomic E-state index is 13.2. The van der Waals surface area contributed by atoms with Crippen molar-refractivity contribution in [2.75, 3.05) is 50.7 Å². The third-order valence-electron chi connectivity index (χ3n) is 7.83. The lowest BCUT2D eigenvalue weighted by atomic mass is 9.89. The predicted molar refractivity (Wildman–Crippen MR) is 129 cm³/mol. The Bertz CT molecular complexity index is 754. The largest absolute Gasteiger partial charge is 0.368 e. The standard InChI is InChI=1S/C27H41N3O/c1-22(2)8-7-9-23(3)21-28-14-12-27(13-15-28)20-25(27)26(31)30-18-16-29(17-19-30)24-10-5-4-6-11-24/h4-6,8,10-11,23,25H,7,9,12-21H2,1-3H3/t23-,25-/m1/s1. The minimum Gasteiger partial charge on any atom is -0.368 e. The van der Waals surface area contributed by atoms with Crippen LogP contribution in [0.25, 0.3) is 0 Å². The van der Waals surface area contributed by atoms with E-state index in [1.54, 1.807) is 0 Å². The molecule has 0 aromatic heterocycles. The van der Waals surface area contributed by atoms with Crippen LogP contribution >= 0.6 is 0 Å². The first-order valence-corrected chi connectivity index (χ1v) is 12.4. The van der Waals surface area contributed by atoms with Crippen LogP contribution in [0, 0.1) is 17.3 Å². The summed E-state index contributed by atoms with van der Waals surface area (Å²) in [5.74, 6) is 1.49. The number of nitrogens with zero attached hydrogens (tertiary/aromatic N) is 3. The highest BCUT2D eigenvalue weighted by Gasteiger charge is 2.59. The van der Waals surface area contributed by atoms with Gasteiger partial charge in [-0.05, 0) is 82.5 Å². The third kappa shape index (κ3) is 5.52. The van der Waals surface area contributed by atoms with Gasteiger partial charge in [0.2, 0.25) is 5.91 Å². The molecule has 170 valence electrons. The molecule has 4 nitrogen and oxygen atoms in total. The average Bonchev–Trinajstić information content (AvgIpc) is 3.49. The van der Waals surface area contributed by atoms with Crippen LogP contribution in [-0.2, 0) is 4.79 Å². The maximum absolute atomic E-state index is 13.2. The quantitative estimate of drug-likeness (QED) is 0.588. The highest BCUT2D eigenvalue weighted by atomic mass is 16.2. The summed E-state index contributed by atoms with van der Waals surface area (Å²) < 4.78 is 0. The monoisotopic (exact) mass is 423 g/mol. The van der Waals surface area contributed by atoms with Crippen LogP contribution in [0.2, 0.25) is 0 Å². The molecule has 0 N–H and O–H groups in total. The van der Waals surface area contributed by atoms with Crippen molar-refractivity contribution in [1.82, 2.24) is 9.80 Å². The lowest BCUT2D eigenvalue weighted by Crippen LogP contribution is -2.50. The summed E-state index contributed by atoms with van der Waals surface area (Å²) in [7, 11) is 0. The Kier molecular flexibility index (Phi) is 7.05. The van der Waals surface area contributed by atoms with Crippen LogP contribution in [0.3, 0.4) is 0 Å². The minimum absolute atomic E-state index is 0.299. The number of piperidine rings is 1. The van der Waals surface area contributed by atoms with Crippen molar-refractivity contribution in [1.29, 1.82) is 0 Å². The molecular formula is C27H41N3O. The summed E-state index contributed by atoms with van der Waals surface area (Å²) in [6.45, 7) is 14.0. The summed E-state index contributed by atoms with van der Waals surface area (Å²) in [5.41, 5.74) is 3.04. The van der Waals surface area contributed by atoms with Crippen LogP contribution in [-0.4, -0.2) is 61.5 Å². The van der Waals surface area contributed by atoms with Crippen molar-refractivity contribution in [2.24, 2.45) is 17.3 Å². The van der Waals surface area contributed by atoms with Gasteiger partial charge in [0.25, 0.3) is 0 Å². The first-order chi connectivity index (χ1) is 15.0. The Balaban J connectivity index is 1.19. The summed E-state index contributed by atoms with van der Waals surface area (Å²) >= 11 is 0. The van der Waals surface area contributed by atoms with Crippen LogP contribution in [0.5, 0.6) is 0 Å². The molecule has 2 atom stereocenters. The molecule has 3 aliphatic rings. The number of hydrogen-bond acceptors (Lipinski definition) is 3. The first-order valence-electron chi connectivity index (χ1n) is 12.4. The Labute approximate surface area is 189 Å². The molecule has 31 heavy (non-hydrogen) atoms. The fourth-order valence-electron chi connectivity index (χ4n) is 5.66. The van der Waals surface area contributed by atoms with Crippen molar-refractivity contribution in [3.8, 4) is 0 Å². The van der Waals surface area contributed by atoms with Crippen molar-refractivity contribution < 1.29 is 4.79 Å². The number of likely N-dealkylation sites (tertiary alicyclic amines) is 1. The average molecular weight is 424 g/mol. The number of allylic oxidation sites excluding steroid dienone is 2. The van der Waals surface area contributed by atoms with Gasteiger partial charge in [-0.3, -0.25) is 4.79 Å². The number of rotatable bonds is 7. The molecular weight excluding hydrogens is 382 g/mol. The van der Waals surface area contributed by atoms with E-state index in [2.05, 4.69) is 71.9 Å². The van der Waals surface area contributed by atoms with E-state index in [1.807, 2.05) is 0 Å². The first kappa shape index (κ1) is 22.4. The Morgan fingerprint density at radius 3 is 2.39 bits per heavy atom. The molecule has 2 aliphatic heterocycles. The highest BCUT2D eigenvalue weighted by Crippen LogP contribution is 2.60. The molecule has 4 rings (SSSR count). The molecule has 2 saturated heterocycles. The van der Waals surface area contributed by atoms with Crippen LogP contribution < -0.4 is 4.90 Å². The maximum Gasteiger partial charge on any atom is 0.226 e. The molecule has 2 heterocycles. The van der Waals surface area contributed by atoms with Gasteiger partial charge < -0.3 is 14.7 Å². The van der Waals surface area contributed by atoms with Crippen LogP contribution in [0.15, 0.2) is 42.0 Å². The van der Waals surface area contributed by atoms with Gasteiger partial charge in [0, 0.05) is 44.3 Å². The normalized spacial score (nSPS) is 24.2. The number of hydrogen-bond donors (Lipinski definition) is 0. The fraction of sp³-hybridized carbons (Fsp3) is 0.667. The SMILES string of the molecule is CC(C)=CCC[C@@H](C)CN1CCC2(CC1)C[C@@H]2C(=O)N1CCN(c2ccccc2)CC1. The molecule has 0 radical (unpaired) electrons. The number of carbonyl (C=O) groups is 1. The molecule has 1 aromatic rings. The van der Waals surface area contributed by atoms with E-state index in [0.29, 0.717) is 17.2 Å². The van der Waals surface area contributed by atoms with E-state index >= 15 is 0 Å². The van der Waals surface area contributed by atoms with Crippen molar-refractivity contribution in [3.05, 3.63) is 42.0 Å². The number of para-hydroxylation sites is 1. The zero-order valence-corrected chi connectivity index (χ0v) is 19.9. The van der Waals surface area contributed by atoms with Gasteiger partial charge >= 0.3 is 0 Å². The van der Waals surface area contributed by atoms with Gasteiger partial charge in [0.1, 0.15) is 0 Å². The zero-order chi connectivity index (χ0) is 21.8.